The van der Waals surface area contributed by atoms with E-state index in [2.05, 4.69) is 22.4 Å². The van der Waals surface area contributed by atoms with E-state index < -0.39 is 0 Å². The van der Waals surface area contributed by atoms with Crippen molar-refractivity contribution in [2.24, 2.45) is 0 Å². The molecular weight excluding hydrogens is 350 g/mol. The van der Waals surface area contributed by atoms with Gasteiger partial charge < -0.3 is 5.32 Å². The minimum atomic E-state index is -0.176. The third kappa shape index (κ3) is 3.80. The molecule has 7 heteroatoms. The molecule has 136 valence electrons. The van der Waals surface area contributed by atoms with Crippen LogP contribution in [0.5, 0.6) is 0 Å². The number of aromatic nitrogens is 4. The Bertz CT molecular complexity index is 928. The van der Waals surface area contributed by atoms with Gasteiger partial charge >= 0.3 is 0 Å². The normalized spacial score (nSPS) is 10.9. The molecule has 0 saturated carbocycles. The Morgan fingerprint density at radius 3 is 2.77 bits per heavy atom. The van der Waals surface area contributed by atoms with E-state index in [1.807, 2.05) is 42.8 Å². The van der Waals surface area contributed by atoms with Crippen molar-refractivity contribution in [3.05, 3.63) is 64.2 Å². The molecule has 1 N–H and O–H groups in total. The Morgan fingerprint density at radius 2 is 2.04 bits per heavy atom. The van der Waals surface area contributed by atoms with Crippen LogP contribution in [0.1, 0.15) is 40.8 Å². The molecule has 1 amide bonds. The van der Waals surface area contributed by atoms with Gasteiger partial charge in [-0.3, -0.25) is 14.2 Å². The standard InChI is InChI=1S/C19H22ClN5O/c1-4-10-24-17(8-9-21-24)19(26)22-18-13(2)23-25(14(18)3)12-15-6-5-7-16(20)11-15/h5-9,11H,4,10,12H2,1-3H3,(H,22,26). The molecule has 6 nitrogen and oxygen atoms in total. The van der Waals surface area contributed by atoms with Crippen molar-refractivity contribution in [1.82, 2.24) is 19.6 Å². The fourth-order valence-electron chi connectivity index (χ4n) is 2.93. The largest absolute Gasteiger partial charge is 0.317 e. The number of rotatable bonds is 6. The van der Waals surface area contributed by atoms with Crippen LogP contribution in [0, 0.1) is 13.8 Å². The first-order valence-corrected chi connectivity index (χ1v) is 8.99. The monoisotopic (exact) mass is 371 g/mol. The lowest BCUT2D eigenvalue weighted by Gasteiger charge is -2.09. The van der Waals surface area contributed by atoms with Crippen LogP contribution in [0.2, 0.25) is 5.02 Å². The number of nitrogens with one attached hydrogen (secondary N) is 1. The summed E-state index contributed by atoms with van der Waals surface area (Å²) < 4.78 is 3.59. The Morgan fingerprint density at radius 1 is 1.23 bits per heavy atom. The van der Waals surface area contributed by atoms with Crippen molar-refractivity contribution in [3.8, 4) is 0 Å². The van der Waals surface area contributed by atoms with Crippen molar-refractivity contribution in [2.45, 2.75) is 40.3 Å². The molecule has 0 unspecified atom stereocenters. The lowest BCUT2D eigenvalue weighted by atomic mass is 10.2. The highest BCUT2D eigenvalue weighted by molar-refractivity contribution is 6.30. The molecule has 3 aromatic rings. The Balaban J connectivity index is 1.81. The van der Waals surface area contributed by atoms with E-state index >= 15 is 0 Å². The van der Waals surface area contributed by atoms with E-state index in [-0.39, 0.29) is 5.91 Å². The number of anilines is 1. The van der Waals surface area contributed by atoms with Crippen LogP contribution in [0.25, 0.3) is 0 Å². The number of halogens is 1. The van der Waals surface area contributed by atoms with Crippen molar-refractivity contribution in [3.63, 3.8) is 0 Å². The van der Waals surface area contributed by atoms with E-state index in [4.69, 9.17) is 11.6 Å². The third-order valence-corrected chi connectivity index (χ3v) is 4.46. The molecule has 2 aromatic heterocycles. The average molecular weight is 372 g/mol. The van der Waals surface area contributed by atoms with Crippen molar-refractivity contribution >= 4 is 23.2 Å². The quantitative estimate of drug-likeness (QED) is 0.710. The zero-order chi connectivity index (χ0) is 18.7. The van der Waals surface area contributed by atoms with Gasteiger partial charge in [-0.05, 0) is 44.0 Å². The summed E-state index contributed by atoms with van der Waals surface area (Å²) in [5.74, 6) is -0.176. The lowest BCUT2D eigenvalue weighted by molar-refractivity contribution is 0.101. The van der Waals surface area contributed by atoms with Crippen LogP contribution in [0.4, 0.5) is 5.69 Å². The van der Waals surface area contributed by atoms with Gasteiger partial charge in [0.1, 0.15) is 5.69 Å². The summed E-state index contributed by atoms with van der Waals surface area (Å²) in [7, 11) is 0. The highest BCUT2D eigenvalue weighted by Gasteiger charge is 2.18. The van der Waals surface area contributed by atoms with Gasteiger partial charge in [-0.2, -0.15) is 10.2 Å². The second-order valence-corrected chi connectivity index (χ2v) is 6.66. The van der Waals surface area contributed by atoms with Crippen LogP contribution in [-0.2, 0) is 13.1 Å². The molecule has 0 atom stereocenters. The molecule has 3 rings (SSSR count). The summed E-state index contributed by atoms with van der Waals surface area (Å²) in [5.41, 5.74) is 4.02. The highest BCUT2D eigenvalue weighted by atomic mass is 35.5. The number of hydrogen-bond donors (Lipinski definition) is 1. The van der Waals surface area contributed by atoms with Gasteiger partial charge in [0, 0.05) is 17.8 Å². The van der Waals surface area contributed by atoms with Gasteiger partial charge in [-0.15, -0.1) is 0 Å². The van der Waals surface area contributed by atoms with E-state index in [0.717, 1.165) is 29.1 Å². The van der Waals surface area contributed by atoms with Crippen molar-refractivity contribution in [1.29, 1.82) is 0 Å². The molecule has 0 saturated heterocycles. The summed E-state index contributed by atoms with van der Waals surface area (Å²) in [6.07, 6.45) is 2.56. The number of benzene rings is 1. The highest BCUT2D eigenvalue weighted by Crippen LogP contribution is 2.22. The summed E-state index contributed by atoms with van der Waals surface area (Å²) in [5, 5.41) is 12.5. The zero-order valence-electron chi connectivity index (χ0n) is 15.2. The van der Waals surface area contributed by atoms with Gasteiger partial charge in [0.15, 0.2) is 0 Å². The predicted molar refractivity (Wildman–Crippen MR) is 103 cm³/mol. The molecule has 0 radical (unpaired) electrons. The van der Waals surface area contributed by atoms with Gasteiger partial charge in [-0.1, -0.05) is 30.7 Å². The maximum Gasteiger partial charge on any atom is 0.274 e. The number of hydrogen-bond acceptors (Lipinski definition) is 3. The first-order chi connectivity index (χ1) is 12.5. The van der Waals surface area contributed by atoms with Crippen LogP contribution in [0.3, 0.4) is 0 Å². The van der Waals surface area contributed by atoms with Crippen LogP contribution >= 0.6 is 11.6 Å². The fourth-order valence-corrected chi connectivity index (χ4v) is 3.15. The van der Waals surface area contributed by atoms with Gasteiger partial charge in [0.25, 0.3) is 5.91 Å². The SMILES string of the molecule is CCCn1nccc1C(=O)Nc1c(C)nn(Cc2cccc(Cl)c2)c1C. The Labute approximate surface area is 157 Å². The van der Waals surface area contributed by atoms with Crippen LogP contribution < -0.4 is 5.32 Å². The van der Waals surface area contributed by atoms with Crippen molar-refractivity contribution in [2.75, 3.05) is 5.32 Å². The Kier molecular flexibility index (Phi) is 5.42. The topological polar surface area (TPSA) is 64.7 Å². The number of aryl methyl sites for hydroxylation is 2. The minimum Gasteiger partial charge on any atom is -0.317 e. The lowest BCUT2D eigenvalue weighted by Crippen LogP contribution is -2.18. The molecule has 0 aliphatic heterocycles. The predicted octanol–water partition coefficient (Wildman–Crippen LogP) is 4.06. The van der Waals surface area contributed by atoms with Crippen LogP contribution in [-0.4, -0.2) is 25.5 Å². The van der Waals surface area contributed by atoms with E-state index in [1.54, 1.807) is 16.9 Å². The molecule has 0 fully saturated rings. The first kappa shape index (κ1) is 18.2. The summed E-state index contributed by atoms with van der Waals surface area (Å²) in [6, 6.07) is 9.41. The molecule has 0 aliphatic carbocycles. The number of carbonyl (C=O) groups is 1. The second kappa shape index (κ2) is 7.74. The smallest absolute Gasteiger partial charge is 0.274 e. The van der Waals surface area contributed by atoms with E-state index in [1.165, 1.54) is 0 Å². The second-order valence-electron chi connectivity index (χ2n) is 6.23. The number of carbonyl (C=O) groups excluding carboxylic acids is 1. The third-order valence-electron chi connectivity index (χ3n) is 4.23. The molecule has 26 heavy (non-hydrogen) atoms. The molecular formula is C19H22ClN5O. The number of amides is 1. The number of nitrogens with zero attached hydrogens (tertiary/aromatic N) is 4. The maximum atomic E-state index is 12.7. The van der Waals surface area contributed by atoms with Gasteiger partial charge in [-0.25, -0.2) is 0 Å². The molecule has 1 aromatic carbocycles. The Hall–Kier alpha value is -2.60. The molecule has 0 aliphatic rings. The van der Waals surface area contributed by atoms with E-state index in [0.29, 0.717) is 23.8 Å². The average Bonchev–Trinajstić information content (AvgIpc) is 3.16. The molecule has 2 heterocycles. The van der Waals surface area contributed by atoms with Crippen LogP contribution in [0.15, 0.2) is 36.5 Å². The summed E-state index contributed by atoms with van der Waals surface area (Å²) in [4.78, 5) is 12.7. The zero-order valence-corrected chi connectivity index (χ0v) is 15.9. The van der Waals surface area contributed by atoms with Gasteiger partial charge in [0.2, 0.25) is 0 Å². The minimum absolute atomic E-state index is 0.176. The first-order valence-electron chi connectivity index (χ1n) is 8.61. The summed E-state index contributed by atoms with van der Waals surface area (Å²) >= 11 is 6.06. The van der Waals surface area contributed by atoms with E-state index in [9.17, 15) is 4.79 Å². The maximum absolute atomic E-state index is 12.7. The van der Waals surface area contributed by atoms with Crippen molar-refractivity contribution < 1.29 is 4.79 Å². The summed E-state index contributed by atoms with van der Waals surface area (Å²) in [6.45, 7) is 7.19. The van der Waals surface area contributed by atoms with Gasteiger partial charge in [0.05, 0.1) is 23.6 Å². The molecule has 0 bridgehead atoms. The fraction of sp³-hybridized carbons (Fsp3) is 0.316. The molecule has 0 spiro atoms.